The molecular formula is C13H26N4S. The molecule has 1 atom stereocenters. The average Bonchev–Trinajstić information content (AvgIpc) is 2.80. The molecule has 0 amide bonds. The predicted molar refractivity (Wildman–Crippen MR) is 79.1 cm³/mol. The van der Waals surface area contributed by atoms with Crippen molar-refractivity contribution in [3.05, 3.63) is 12.2 Å². The third-order valence-corrected chi connectivity index (χ3v) is 3.56. The van der Waals surface area contributed by atoms with Gasteiger partial charge in [-0.3, -0.25) is 4.68 Å². The van der Waals surface area contributed by atoms with E-state index in [4.69, 9.17) is 0 Å². The normalized spacial score (nSPS) is 12.8. The van der Waals surface area contributed by atoms with Crippen LogP contribution in [0.25, 0.3) is 0 Å². The number of rotatable bonds is 10. The zero-order valence-electron chi connectivity index (χ0n) is 11.9. The fourth-order valence-electron chi connectivity index (χ4n) is 1.95. The van der Waals surface area contributed by atoms with E-state index >= 15 is 0 Å². The second kappa shape index (κ2) is 9.39. The molecule has 0 bridgehead atoms. The Bertz CT molecular complexity index is 306. The maximum Gasteiger partial charge on any atom is 0.138 e. The molecule has 104 valence electrons. The second-order valence-corrected chi connectivity index (χ2v) is 5.52. The largest absolute Gasteiger partial charge is 0.314 e. The number of aryl methyl sites for hydroxylation is 1. The molecule has 1 N–H and O–H groups in total. The first-order valence-electron chi connectivity index (χ1n) is 6.90. The highest BCUT2D eigenvalue weighted by atomic mass is 32.2. The van der Waals surface area contributed by atoms with Crippen molar-refractivity contribution >= 4 is 11.8 Å². The minimum atomic E-state index is 0.525. The molecule has 0 aromatic carbocycles. The van der Waals surface area contributed by atoms with Gasteiger partial charge in [0, 0.05) is 19.0 Å². The van der Waals surface area contributed by atoms with E-state index in [-0.39, 0.29) is 0 Å². The van der Waals surface area contributed by atoms with Crippen LogP contribution >= 0.6 is 11.8 Å². The Hall–Kier alpha value is -0.550. The summed E-state index contributed by atoms with van der Waals surface area (Å²) in [6.07, 6.45) is 8.30. The number of hydrogen-bond donors (Lipinski definition) is 1. The summed E-state index contributed by atoms with van der Waals surface area (Å²) in [6.45, 7) is 6.43. The first-order valence-corrected chi connectivity index (χ1v) is 8.30. The number of hydrogen-bond acceptors (Lipinski definition) is 4. The Labute approximate surface area is 115 Å². The van der Waals surface area contributed by atoms with Crippen LogP contribution in [0.1, 0.15) is 38.9 Å². The van der Waals surface area contributed by atoms with Gasteiger partial charge in [0.25, 0.3) is 0 Å². The van der Waals surface area contributed by atoms with Crippen LogP contribution in [-0.2, 0) is 13.0 Å². The minimum Gasteiger partial charge on any atom is -0.314 e. The molecule has 4 nitrogen and oxygen atoms in total. The Morgan fingerprint density at radius 3 is 2.89 bits per heavy atom. The number of aromatic nitrogens is 3. The smallest absolute Gasteiger partial charge is 0.138 e. The zero-order valence-corrected chi connectivity index (χ0v) is 12.7. The van der Waals surface area contributed by atoms with Crippen molar-refractivity contribution < 1.29 is 0 Å². The molecule has 0 fully saturated rings. The minimum absolute atomic E-state index is 0.525. The summed E-state index contributed by atoms with van der Waals surface area (Å²) in [5.74, 6) is 2.31. The maximum absolute atomic E-state index is 4.40. The highest BCUT2D eigenvalue weighted by molar-refractivity contribution is 7.98. The van der Waals surface area contributed by atoms with Gasteiger partial charge in [0.05, 0.1) is 0 Å². The molecule has 0 saturated carbocycles. The lowest BCUT2D eigenvalue weighted by Gasteiger charge is -2.18. The first-order chi connectivity index (χ1) is 8.81. The van der Waals surface area contributed by atoms with E-state index in [1.54, 1.807) is 6.33 Å². The van der Waals surface area contributed by atoms with Crippen LogP contribution in [0.15, 0.2) is 6.33 Å². The summed E-state index contributed by atoms with van der Waals surface area (Å²) in [7, 11) is 0. The van der Waals surface area contributed by atoms with Crippen LogP contribution in [0.5, 0.6) is 0 Å². The van der Waals surface area contributed by atoms with E-state index < -0.39 is 0 Å². The highest BCUT2D eigenvalue weighted by Gasteiger charge is 2.12. The maximum atomic E-state index is 4.40. The SMILES string of the molecule is CCCNC(CCSC)Cc1ncnn1CCC. The number of thioether (sulfide) groups is 1. The summed E-state index contributed by atoms with van der Waals surface area (Å²) in [5, 5.41) is 7.91. The second-order valence-electron chi connectivity index (χ2n) is 4.54. The van der Waals surface area contributed by atoms with Gasteiger partial charge in [0.15, 0.2) is 0 Å². The van der Waals surface area contributed by atoms with E-state index in [1.165, 1.54) is 18.6 Å². The summed E-state index contributed by atoms with van der Waals surface area (Å²) in [4.78, 5) is 4.40. The van der Waals surface area contributed by atoms with E-state index in [0.717, 1.165) is 31.8 Å². The van der Waals surface area contributed by atoms with E-state index in [9.17, 15) is 0 Å². The average molecular weight is 270 g/mol. The van der Waals surface area contributed by atoms with Crippen LogP contribution in [0.2, 0.25) is 0 Å². The third kappa shape index (κ3) is 5.40. The molecule has 18 heavy (non-hydrogen) atoms. The number of nitrogens with one attached hydrogen (secondary N) is 1. The molecule has 1 heterocycles. The van der Waals surface area contributed by atoms with Gasteiger partial charge in [0.2, 0.25) is 0 Å². The van der Waals surface area contributed by atoms with Gasteiger partial charge in [-0.25, -0.2) is 4.98 Å². The van der Waals surface area contributed by atoms with Gasteiger partial charge in [0.1, 0.15) is 12.2 Å². The van der Waals surface area contributed by atoms with Gasteiger partial charge in [-0.1, -0.05) is 13.8 Å². The van der Waals surface area contributed by atoms with Crippen molar-refractivity contribution in [2.45, 2.75) is 52.1 Å². The molecule has 1 aromatic heterocycles. The highest BCUT2D eigenvalue weighted by Crippen LogP contribution is 2.07. The topological polar surface area (TPSA) is 42.7 Å². The van der Waals surface area contributed by atoms with Gasteiger partial charge in [-0.05, 0) is 37.8 Å². The standard InChI is InChI=1S/C13H26N4S/c1-4-7-14-12(6-9-18-3)10-13-15-11-16-17(13)8-5-2/h11-12,14H,4-10H2,1-3H3. The van der Waals surface area contributed by atoms with Crippen molar-refractivity contribution in [2.24, 2.45) is 0 Å². The molecule has 0 radical (unpaired) electrons. The monoisotopic (exact) mass is 270 g/mol. The third-order valence-electron chi connectivity index (χ3n) is 2.91. The molecule has 0 aliphatic rings. The van der Waals surface area contributed by atoms with Crippen LogP contribution in [0, 0.1) is 0 Å². The van der Waals surface area contributed by atoms with Crippen molar-refractivity contribution in [1.82, 2.24) is 20.1 Å². The Balaban J connectivity index is 2.53. The molecule has 0 aliphatic carbocycles. The lowest BCUT2D eigenvalue weighted by atomic mass is 10.1. The molecule has 0 spiro atoms. The van der Waals surface area contributed by atoms with Gasteiger partial charge >= 0.3 is 0 Å². The molecule has 1 unspecified atom stereocenters. The predicted octanol–water partition coefficient (Wildman–Crippen LogP) is 2.35. The summed E-state index contributed by atoms with van der Waals surface area (Å²) >= 11 is 1.91. The van der Waals surface area contributed by atoms with Gasteiger partial charge < -0.3 is 5.32 Å². The van der Waals surface area contributed by atoms with Crippen molar-refractivity contribution in [2.75, 3.05) is 18.6 Å². The lowest BCUT2D eigenvalue weighted by Crippen LogP contribution is -2.33. The first kappa shape index (κ1) is 15.5. The molecular weight excluding hydrogens is 244 g/mol. The van der Waals surface area contributed by atoms with E-state index in [0.29, 0.717) is 6.04 Å². The van der Waals surface area contributed by atoms with E-state index in [2.05, 4.69) is 35.5 Å². The fraction of sp³-hybridized carbons (Fsp3) is 0.846. The van der Waals surface area contributed by atoms with E-state index in [1.807, 2.05) is 16.4 Å². The van der Waals surface area contributed by atoms with Crippen molar-refractivity contribution in [3.63, 3.8) is 0 Å². The zero-order chi connectivity index (χ0) is 13.2. The van der Waals surface area contributed by atoms with Gasteiger partial charge in [-0.15, -0.1) is 0 Å². The van der Waals surface area contributed by atoms with Crippen LogP contribution in [-0.4, -0.2) is 39.4 Å². The van der Waals surface area contributed by atoms with Crippen LogP contribution in [0.4, 0.5) is 0 Å². The quantitative estimate of drug-likeness (QED) is 0.709. The Morgan fingerprint density at radius 2 is 2.22 bits per heavy atom. The summed E-state index contributed by atoms with van der Waals surface area (Å²) in [5.41, 5.74) is 0. The molecule has 0 aliphatic heterocycles. The van der Waals surface area contributed by atoms with Crippen molar-refractivity contribution in [3.8, 4) is 0 Å². The fourth-order valence-corrected chi connectivity index (χ4v) is 2.47. The molecule has 0 saturated heterocycles. The summed E-state index contributed by atoms with van der Waals surface area (Å²) < 4.78 is 2.04. The number of nitrogens with zero attached hydrogens (tertiary/aromatic N) is 3. The Morgan fingerprint density at radius 1 is 1.39 bits per heavy atom. The van der Waals surface area contributed by atoms with Crippen molar-refractivity contribution in [1.29, 1.82) is 0 Å². The van der Waals surface area contributed by atoms with Crippen LogP contribution in [0.3, 0.4) is 0 Å². The molecule has 1 rings (SSSR count). The van der Waals surface area contributed by atoms with Gasteiger partial charge in [-0.2, -0.15) is 16.9 Å². The summed E-state index contributed by atoms with van der Waals surface area (Å²) in [6, 6.07) is 0.525. The molecule has 1 aromatic rings. The lowest BCUT2D eigenvalue weighted by molar-refractivity contribution is 0.467. The molecule has 5 heteroatoms. The Kier molecular flexibility index (Phi) is 8.09. The van der Waals surface area contributed by atoms with Crippen LogP contribution < -0.4 is 5.32 Å².